The Kier molecular flexibility index (Phi) is 7.56. The van der Waals surface area contributed by atoms with Gasteiger partial charge < -0.3 is 15.1 Å². The van der Waals surface area contributed by atoms with Gasteiger partial charge in [0.1, 0.15) is 0 Å². The smallest absolute Gasteiger partial charge is 0.253 e. The van der Waals surface area contributed by atoms with Crippen molar-refractivity contribution < 1.29 is 13.2 Å². The number of para-hydroxylation sites is 1. The molecule has 7 nitrogen and oxygen atoms in total. The predicted molar refractivity (Wildman–Crippen MR) is 125 cm³/mol. The first-order valence-corrected chi connectivity index (χ1v) is 12.1. The van der Waals surface area contributed by atoms with Crippen LogP contribution in [-0.2, 0) is 10.0 Å². The quantitative estimate of drug-likeness (QED) is 0.602. The second-order valence-electron chi connectivity index (χ2n) is 8.03. The van der Waals surface area contributed by atoms with Crippen LogP contribution < -0.4 is 15.1 Å². The van der Waals surface area contributed by atoms with Gasteiger partial charge in [-0.3, -0.25) is 4.79 Å². The van der Waals surface area contributed by atoms with E-state index in [4.69, 9.17) is 0 Å². The number of carbonyl (C=O) groups excluding carboxylic acids is 1. The molecule has 1 N–H and O–H groups in total. The summed E-state index contributed by atoms with van der Waals surface area (Å²) in [6.07, 6.45) is 2.93. The molecule has 1 aliphatic rings. The third-order valence-electron chi connectivity index (χ3n) is 5.59. The standard InChI is InChI=1S/C23H32N4O3S/c1-25(2)31(29,30)20-12-13-22(27-16-7-8-17-27)21(18-20)23(28)24-14-9-15-26(3)19-10-5-4-6-11-19/h4-6,10-13,18H,7-9,14-17H2,1-3H3,(H,24,28). The van der Waals surface area contributed by atoms with Gasteiger partial charge in [-0.15, -0.1) is 0 Å². The molecule has 8 heteroatoms. The van der Waals surface area contributed by atoms with Gasteiger partial charge in [-0.05, 0) is 49.6 Å². The summed E-state index contributed by atoms with van der Waals surface area (Å²) in [6, 6.07) is 15.0. The molecular weight excluding hydrogens is 412 g/mol. The zero-order valence-electron chi connectivity index (χ0n) is 18.5. The number of anilines is 2. The lowest BCUT2D eigenvalue weighted by Crippen LogP contribution is -2.31. The summed E-state index contributed by atoms with van der Waals surface area (Å²) in [7, 11) is 1.40. The first kappa shape index (κ1) is 23.1. The number of carbonyl (C=O) groups is 1. The van der Waals surface area contributed by atoms with Crippen molar-refractivity contribution in [2.45, 2.75) is 24.2 Å². The van der Waals surface area contributed by atoms with E-state index in [-0.39, 0.29) is 10.8 Å². The summed E-state index contributed by atoms with van der Waals surface area (Å²) in [5.41, 5.74) is 2.35. The van der Waals surface area contributed by atoms with E-state index in [1.165, 1.54) is 24.5 Å². The minimum absolute atomic E-state index is 0.134. The molecule has 1 amide bonds. The molecule has 0 bridgehead atoms. The van der Waals surface area contributed by atoms with Gasteiger partial charge >= 0.3 is 0 Å². The fraction of sp³-hybridized carbons (Fsp3) is 0.435. The van der Waals surface area contributed by atoms with Crippen LogP contribution in [0.5, 0.6) is 0 Å². The molecule has 0 radical (unpaired) electrons. The number of amides is 1. The number of nitrogens with one attached hydrogen (secondary N) is 1. The van der Waals surface area contributed by atoms with Gasteiger partial charge in [-0.25, -0.2) is 12.7 Å². The van der Waals surface area contributed by atoms with Crippen LogP contribution in [0.25, 0.3) is 0 Å². The summed E-state index contributed by atoms with van der Waals surface area (Å²) in [4.78, 5) is 17.5. The van der Waals surface area contributed by atoms with Gasteiger partial charge in [0, 0.05) is 58.7 Å². The molecule has 0 aromatic heterocycles. The molecule has 0 saturated carbocycles. The van der Waals surface area contributed by atoms with Crippen LogP contribution in [0, 0.1) is 0 Å². The van der Waals surface area contributed by atoms with Crippen LogP contribution in [0.1, 0.15) is 29.6 Å². The molecule has 1 heterocycles. The Hall–Kier alpha value is -2.58. The summed E-state index contributed by atoms with van der Waals surface area (Å²) in [5.74, 6) is -0.236. The average Bonchev–Trinajstić information content (AvgIpc) is 3.31. The Labute approximate surface area is 185 Å². The summed E-state index contributed by atoms with van der Waals surface area (Å²) in [5, 5.41) is 2.98. The monoisotopic (exact) mass is 444 g/mol. The SMILES string of the molecule is CN(CCCNC(=O)c1cc(S(=O)(=O)N(C)C)ccc1N1CCCC1)c1ccccc1. The summed E-state index contributed by atoms with van der Waals surface area (Å²) < 4.78 is 26.3. The van der Waals surface area contributed by atoms with Gasteiger partial charge in [0.25, 0.3) is 5.91 Å². The maximum atomic E-state index is 13.0. The van der Waals surface area contributed by atoms with Crippen LogP contribution in [0.4, 0.5) is 11.4 Å². The number of hydrogen-bond donors (Lipinski definition) is 1. The molecule has 31 heavy (non-hydrogen) atoms. The Morgan fingerprint density at radius 1 is 1.03 bits per heavy atom. The van der Waals surface area contributed by atoms with E-state index in [2.05, 4.69) is 27.2 Å². The molecular formula is C23H32N4O3S. The highest BCUT2D eigenvalue weighted by Crippen LogP contribution is 2.28. The summed E-state index contributed by atoms with van der Waals surface area (Å²) in [6.45, 7) is 3.07. The van der Waals surface area contributed by atoms with Crippen LogP contribution in [0.15, 0.2) is 53.4 Å². The van der Waals surface area contributed by atoms with Crippen molar-refractivity contribution in [3.63, 3.8) is 0 Å². The van der Waals surface area contributed by atoms with E-state index in [1.54, 1.807) is 12.1 Å². The molecule has 0 atom stereocenters. The van der Waals surface area contributed by atoms with Crippen LogP contribution in [0.2, 0.25) is 0 Å². The van der Waals surface area contributed by atoms with E-state index in [9.17, 15) is 13.2 Å². The van der Waals surface area contributed by atoms with Crippen molar-refractivity contribution in [2.75, 3.05) is 57.1 Å². The maximum absolute atomic E-state index is 13.0. The molecule has 2 aromatic rings. The van der Waals surface area contributed by atoms with E-state index >= 15 is 0 Å². The number of nitrogens with zero attached hydrogens (tertiary/aromatic N) is 3. The van der Waals surface area contributed by atoms with Crippen molar-refractivity contribution in [1.82, 2.24) is 9.62 Å². The highest BCUT2D eigenvalue weighted by Gasteiger charge is 2.24. The van der Waals surface area contributed by atoms with E-state index in [1.807, 2.05) is 25.2 Å². The van der Waals surface area contributed by atoms with Gasteiger partial charge in [0.05, 0.1) is 10.5 Å². The molecule has 0 unspecified atom stereocenters. The van der Waals surface area contributed by atoms with Crippen molar-refractivity contribution >= 4 is 27.3 Å². The second kappa shape index (κ2) is 10.2. The van der Waals surface area contributed by atoms with Crippen molar-refractivity contribution in [3.8, 4) is 0 Å². The Balaban J connectivity index is 1.70. The number of hydrogen-bond acceptors (Lipinski definition) is 5. The summed E-state index contributed by atoms with van der Waals surface area (Å²) >= 11 is 0. The first-order chi connectivity index (χ1) is 14.8. The zero-order chi connectivity index (χ0) is 22.4. The van der Waals surface area contributed by atoms with Gasteiger partial charge in [0.15, 0.2) is 0 Å². The normalized spacial score (nSPS) is 14.1. The van der Waals surface area contributed by atoms with Gasteiger partial charge in [-0.2, -0.15) is 0 Å². The lowest BCUT2D eigenvalue weighted by Gasteiger charge is -2.23. The molecule has 0 spiro atoms. The molecule has 0 aliphatic carbocycles. The third-order valence-corrected chi connectivity index (χ3v) is 7.40. The predicted octanol–water partition coefficient (Wildman–Crippen LogP) is 2.79. The fourth-order valence-corrected chi connectivity index (χ4v) is 4.66. The van der Waals surface area contributed by atoms with E-state index in [0.717, 1.165) is 50.3 Å². The van der Waals surface area contributed by atoms with Crippen molar-refractivity contribution in [3.05, 3.63) is 54.1 Å². The lowest BCUT2D eigenvalue weighted by atomic mass is 10.1. The highest BCUT2D eigenvalue weighted by molar-refractivity contribution is 7.89. The number of rotatable bonds is 9. The first-order valence-electron chi connectivity index (χ1n) is 10.7. The second-order valence-corrected chi connectivity index (χ2v) is 10.2. The highest BCUT2D eigenvalue weighted by atomic mass is 32.2. The van der Waals surface area contributed by atoms with Crippen LogP contribution in [0.3, 0.4) is 0 Å². The fourth-order valence-electron chi connectivity index (χ4n) is 3.73. The topological polar surface area (TPSA) is 73.0 Å². The Morgan fingerprint density at radius 3 is 2.35 bits per heavy atom. The largest absolute Gasteiger partial charge is 0.375 e. The molecule has 1 aliphatic heterocycles. The maximum Gasteiger partial charge on any atom is 0.253 e. The minimum atomic E-state index is -3.61. The molecule has 2 aromatic carbocycles. The lowest BCUT2D eigenvalue weighted by molar-refractivity contribution is 0.0953. The molecule has 168 valence electrons. The number of sulfonamides is 1. The third kappa shape index (κ3) is 5.57. The Bertz CT molecular complexity index is 987. The molecule has 1 fully saturated rings. The van der Waals surface area contributed by atoms with Crippen molar-refractivity contribution in [2.24, 2.45) is 0 Å². The zero-order valence-corrected chi connectivity index (χ0v) is 19.4. The van der Waals surface area contributed by atoms with E-state index < -0.39 is 10.0 Å². The average molecular weight is 445 g/mol. The molecule has 3 rings (SSSR count). The Morgan fingerprint density at radius 2 is 1.71 bits per heavy atom. The van der Waals surface area contributed by atoms with E-state index in [0.29, 0.717) is 12.1 Å². The minimum Gasteiger partial charge on any atom is -0.375 e. The molecule has 1 saturated heterocycles. The van der Waals surface area contributed by atoms with Crippen LogP contribution >= 0.6 is 0 Å². The number of benzene rings is 2. The van der Waals surface area contributed by atoms with Crippen molar-refractivity contribution in [1.29, 1.82) is 0 Å². The van der Waals surface area contributed by atoms with Gasteiger partial charge in [-0.1, -0.05) is 18.2 Å². The van der Waals surface area contributed by atoms with Gasteiger partial charge in [0.2, 0.25) is 10.0 Å². The van der Waals surface area contributed by atoms with Crippen LogP contribution in [-0.4, -0.2) is 66.0 Å².